The predicted octanol–water partition coefficient (Wildman–Crippen LogP) is 5.91. The van der Waals surface area contributed by atoms with Crippen molar-refractivity contribution >= 4 is 30.0 Å². The fourth-order valence-electron chi connectivity index (χ4n) is 5.83. The highest BCUT2D eigenvalue weighted by Crippen LogP contribution is 2.39. The van der Waals surface area contributed by atoms with Crippen LogP contribution in [0.3, 0.4) is 0 Å². The van der Waals surface area contributed by atoms with Gasteiger partial charge in [0.25, 0.3) is 0 Å². The SMILES string of the molecule is CC(C)(C)OC(=O)C[C@H](C(=O)NCc1cccc(C(F)(F)F)c1)N1C(=O)[C@@H](N2C(=O)OC[C@@H]2c2ccccc2)[C@H]1C=Cc1ccccc1. The van der Waals surface area contributed by atoms with Crippen molar-refractivity contribution in [1.82, 2.24) is 15.1 Å². The number of esters is 1. The molecule has 0 aliphatic carbocycles. The lowest BCUT2D eigenvalue weighted by molar-refractivity contribution is -0.168. The Bertz CT molecular complexity index is 1670. The average Bonchev–Trinajstić information content (AvgIpc) is 3.41. The lowest BCUT2D eigenvalue weighted by Gasteiger charge is -2.52. The molecule has 5 rings (SSSR count). The highest BCUT2D eigenvalue weighted by Gasteiger charge is 2.58. The molecule has 3 aromatic rings. The summed E-state index contributed by atoms with van der Waals surface area (Å²) in [4.78, 5) is 56.8. The third-order valence-corrected chi connectivity index (χ3v) is 7.97. The minimum Gasteiger partial charge on any atom is -0.460 e. The van der Waals surface area contributed by atoms with Gasteiger partial charge in [0.15, 0.2) is 0 Å². The first-order chi connectivity index (χ1) is 22.7. The quantitative estimate of drug-likeness (QED) is 0.214. The molecule has 9 nitrogen and oxygen atoms in total. The first-order valence-corrected chi connectivity index (χ1v) is 15.4. The molecule has 3 aromatic carbocycles. The summed E-state index contributed by atoms with van der Waals surface area (Å²) in [6.07, 6.45) is -2.37. The van der Waals surface area contributed by atoms with Crippen LogP contribution in [0.25, 0.3) is 6.08 Å². The van der Waals surface area contributed by atoms with Crippen LogP contribution in [0.2, 0.25) is 0 Å². The van der Waals surface area contributed by atoms with Crippen LogP contribution in [-0.2, 0) is 36.6 Å². The number of hydrogen-bond acceptors (Lipinski definition) is 6. The summed E-state index contributed by atoms with van der Waals surface area (Å²) in [5, 5.41) is 2.60. The van der Waals surface area contributed by atoms with Crippen molar-refractivity contribution in [2.45, 2.75) is 69.7 Å². The Morgan fingerprint density at radius 1 is 0.979 bits per heavy atom. The van der Waals surface area contributed by atoms with E-state index in [0.717, 1.165) is 23.3 Å². The highest BCUT2D eigenvalue weighted by molar-refractivity contribution is 5.99. The molecule has 2 saturated heterocycles. The lowest BCUT2D eigenvalue weighted by Crippen LogP contribution is -2.74. The van der Waals surface area contributed by atoms with Gasteiger partial charge in [0.05, 0.1) is 24.1 Å². The Hall–Kier alpha value is -5.13. The van der Waals surface area contributed by atoms with Gasteiger partial charge in [-0.1, -0.05) is 84.9 Å². The maximum absolute atomic E-state index is 14.1. The summed E-state index contributed by atoms with van der Waals surface area (Å²) in [5.41, 5.74) is -0.0572. The largest absolute Gasteiger partial charge is 0.460 e. The monoisotopic (exact) mass is 663 g/mol. The van der Waals surface area contributed by atoms with Gasteiger partial charge in [-0.2, -0.15) is 13.2 Å². The molecule has 3 amide bonds. The van der Waals surface area contributed by atoms with Crippen molar-refractivity contribution in [3.05, 3.63) is 113 Å². The van der Waals surface area contributed by atoms with E-state index >= 15 is 0 Å². The van der Waals surface area contributed by atoms with Crippen molar-refractivity contribution in [1.29, 1.82) is 0 Å². The molecule has 1 N–H and O–H groups in total. The molecule has 252 valence electrons. The van der Waals surface area contributed by atoms with Crippen LogP contribution in [0.5, 0.6) is 0 Å². The first-order valence-electron chi connectivity index (χ1n) is 15.4. The van der Waals surface area contributed by atoms with Gasteiger partial charge in [0, 0.05) is 6.54 Å². The van der Waals surface area contributed by atoms with Crippen LogP contribution in [0.1, 0.15) is 55.5 Å². The Balaban J connectivity index is 1.48. The molecule has 0 saturated carbocycles. The standard InChI is InChI=1S/C36H36F3N3O6/c1-35(2,3)48-30(43)20-28(32(44)40-21-24-13-10-16-26(19-24)36(37,38)39)41-27(18-17-23-11-6-4-7-12-23)31(33(41)45)42-29(22-47-34(42)46)25-14-8-5-9-15-25/h4-19,27-29,31H,20-22H2,1-3H3,(H,40,44)/t27-,28-,29-,31+/m1/s1. The Kier molecular flexibility index (Phi) is 9.92. The van der Waals surface area contributed by atoms with Gasteiger partial charge >= 0.3 is 18.2 Å². The topological polar surface area (TPSA) is 105 Å². The predicted molar refractivity (Wildman–Crippen MR) is 170 cm³/mol. The molecule has 0 aromatic heterocycles. The Morgan fingerprint density at radius 2 is 1.65 bits per heavy atom. The second-order valence-electron chi connectivity index (χ2n) is 12.6. The molecule has 2 fully saturated rings. The summed E-state index contributed by atoms with van der Waals surface area (Å²) in [5.74, 6) is -2.13. The molecule has 4 atom stereocenters. The van der Waals surface area contributed by atoms with Gasteiger partial charge in [-0.15, -0.1) is 0 Å². The molecular weight excluding hydrogens is 627 g/mol. The zero-order valence-electron chi connectivity index (χ0n) is 26.6. The van der Waals surface area contributed by atoms with Gasteiger partial charge < -0.3 is 19.7 Å². The van der Waals surface area contributed by atoms with Crippen LogP contribution in [-0.4, -0.2) is 64.0 Å². The number of nitrogens with one attached hydrogen (secondary N) is 1. The number of β-lactam (4-membered cyclic amide) rings is 1. The Morgan fingerprint density at radius 3 is 2.29 bits per heavy atom. The van der Waals surface area contributed by atoms with E-state index in [4.69, 9.17) is 9.47 Å². The number of nitrogens with zero attached hydrogens (tertiary/aromatic N) is 2. The maximum atomic E-state index is 14.1. The number of likely N-dealkylation sites (tertiary alicyclic amines) is 1. The van der Waals surface area contributed by atoms with E-state index in [1.54, 1.807) is 32.9 Å². The third-order valence-electron chi connectivity index (χ3n) is 7.97. The van der Waals surface area contributed by atoms with Crippen LogP contribution in [0.15, 0.2) is 91.0 Å². The number of cyclic esters (lactones) is 1. The fraction of sp³-hybridized carbons (Fsp3) is 0.333. The van der Waals surface area contributed by atoms with E-state index in [1.807, 2.05) is 60.7 Å². The van der Waals surface area contributed by atoms with Crippen molar-refractivity contribution in [2.24, 2.45) is 0 Å². The number of ether oxygens (including phenoxy) is 2. The molecular formula is C36H36F3N3O6. The number of rotatable bonds is 10. The second-order valence-corrected chi connectivity index (χ2v) is 12.6. The fourth-order valence-corrected chi connectivity index (χ4v) is 5.83. The summed E-state index contributed by atoms with van der Waals surface area (Å²) in [6.45, 7) is 4.70. The lowest BCUT2D eigenvalue weighted by atomic mass is 9.87. The number of halogens is 3. The van der Waals surface area contributed by atoms with Gasteiger partial charge in [-0.25, -0.2) is 4.79 Å². The summed E-state index contributed by atoms with van der Waals surface area (Å²) in [7, 11) is 0. The minimum absolute atomic E-state index is 0.0144. The highest BCUT2D eigenvalue weighted by atomic mass is 19.4. The summed E-state index contributed by atoms with van der Waals surface area (Å²) in [6, 6.07) is 18.8. The number of carbonyl (C=O) groups excluding carboxylic acids is 4. The zero-order valence-corrected chi connectivity index (χ0v) is 26.6. The van der Waals surface area contributed by atoms with Crippen LogP contribution in [0.4, 0.5) is 18.0 Å². The Labute approximate surface area is 276 Å². The number of amides is 3. The van der Waals surface area contributed by atoms with E-state index in [-0.39, 0.29) is 18.7 Å². The summed E-state index contributed by atoms with van der Waals surface area (Å²) < 4.78 is 50.8. The van der Waals surface area contributed by atoms with Crippen molar-refractivity contribution < 1.29 is 41.8 Å². The number of carbonyl (C=O) groups is 4. The second kappa shape index (κ2) is 13.9. The molecule has 2 aliphatic heterocycles. The van der Waals surface area contributed by atoms with E-state index in [1.165, 1.54) is 21.9 Å². The van der Waals surface area contributed by atoms with E-state index in [2.05, 4.69) is 5.32 Å². The molecule has 2 heterocycles. The molecule has 48 heavy (non-hydrogen) atoms. The van der Waals surface area contributed by atoms with E-state index in [9.17, 15) is 32.3 Å². The molecule has 2 aliphatic rings. The average molecular weight is 664 g/mol. The number of benzene rings is 3. The maximum Gasteiger partial charge on any atom is 0.416 e. The number of alkyl halides is 3. The first kappa shape index (κ1) is 34.2. The summed E-state index contributed by atoms with van der Waals surface area (Å²) >= 11 is 0. The van der Waals surface area contributed by atoms with Crippen LogP contribution < -0.4 is 5.32 Å². The molecule has 0 unspecified atom stereocenters. The van der Waals surface area contributed by atoms with Gasteiger partial charge in [-0.05, 0) is 49.6 Å². The van der Waals surface area contributed by atoms with Crippen LogP contribution >= 0.6 is 0 Å². The van der Waals surface area contributed by atoms with Crippen molar-refractivity contribution in [3.63, 3.8) is 0 Å². The molecule has 0 bridgehead atoms. The van der Waals surface area contributed by atoms with E-state index in [0.29, 0.717) is 0 Å². The number of hydrogen-bond donors (Lipinski definition) is 1. The third kappa shape index (κ3) is 7.87. The smallest absolute Gasteiger partial charge is 0.416 e. The molecule has 0 spiro atoms. The molecule has 0 radical (unpaired) electrons. The normalized spacial score (nSPS) is 20.3. The van der Waals surface area contributed by atoms with Gasteiger partial charge in [0.2, 0.25) is 11.8 Å². The molecule has 12 heteroatoms. The van der Waals surface area contributed by atoms with Gasteiger partial charge in [-0.3, -0.25) is 19.3 Å². The van der Waals surface area contributed by atoms with Gasteiger partial charge in [0.1, 0.15) is 24.3 Å². The zero-order chi connectivity index (χ0) is 34.6. The van der Waals surface area contributed by atoms with E-state index < -0.39 is 71.8 Å². The van der Waals surface area contributed by atoms with Crippen molar-refractivity contribution in [2.75, 3.05) is 6.61 Å². The van der Waals surface area contributed by atoms with Crippen LogP contribution in [0, 0.1) is 0 Å². The van der Waals surface area contributed by atoms with Crippen molar-refractivity contribution in [3.8, 4) is 0 Å². The minimum atomic E-state index is -4.58.